The normalized spacial score (nSPS) is 9.73. The zero-order valence-corrected chi connectivity index (χ0v) is 19.5. The Bertz CT molecular complexity index is 634. The lowest BCUT2D eigenvalue weighted by Crippen LogP contribution is -2.42. The summed E-state index contributed by atoms with van der Waals surface area (Å²) in [6.45, 7) is 15.0. The zero-order valence-electron chi connectivity index (χ0n) is 18.5. The van der Waals surface area contributed by atoms with E-state index in [1.54, 1.807) is 18.2 Å². The number of allylic oxidation sites excluding steroid dienone is 1. The summed E-state index contributed by atoms with van der Waals surface area (Å²) >= 11 is 0. The van der Waals surface area contributed by atoms with E-state index in [4.69, 9.17) is 22.8 Å². The Hall–Kier alpha value is -2.52. The van der Waals surface area contributed by atoms with Gasteiger partial charge in [-0.1, -0.05) is 30.9 Å². The van der Waals surface area contributed by atoms with Gasteiger partial charge in [-0.05, 0) is 25.5 Å². The summed E-state index contributed by atoms with van der Waals surface area (Å²) in [5.41, 5.74) is 0.314. The molecule has 8 heteroatoms. The van der Waals surface area contributed by atoms with Crippen LogP contribution in [0, 0.1) is 0 Å². The third-order valence-electron chi connectivity index (χ3n) is 3.49. The van der Waals surface area contributed by atoms with Gasteiger partial charge < -0.3 is 22.8 Å². The number of esters is 2. The van der Waals surface area contributed by atoms with E-state index in [-0.39, 0.29) is 24.3 Å². The minimum Gasteiger partial charge on any atom is -0.462 e. The molecule has 0 unspecified atom stereocenters. The number of rotatable bonds is 11. The maximum atomic E-state index is 12.2. The van der Waals surface area contributed by atoms with Crippen molar-refractivity contribution >= 4 is 20.7 Å². The second-order valence-corrected chi connectivity index (χ2v) is 8.47. The summed E-state index contributed by atoms with van der Waals surface area (Å²) in [5.74, 6) is -1.19. The van der Waals surface area contributed by atoms with Crippen LogP contribution in [0.3, 0.4) is 0 Å². The minimum absolute atomic E-state index is 0.0694. The molecule has 0 amide bonds. The fourth-order valence-corrected chi connectivity index (χ4v) is 3.83. The lowest BCUT2D eigenvalue weighted by molar-refractivity contribution is 0.0467. The lowest BCUT2D eigenvalue weighted by Gasteiger charge is -2.24. The maximum Gasteiger partial charge on any atom is 0.500 e. The van der Waals surface area contributed by atoms with Crippen molar-refractivity contribution in [3.8, 4) is 0 Å². The van der Waals surface area contributed by atoms with E-state index < -0.39 is 20.7 Å². The van der Waals surface area contributed by atoms with E-state index in [0.29, 0.717) is 12.5 Å². The highest BCUT2D eigenvalue weighted by atomic mass is 28.4. The van der Waals surface area contributed by atoms with Gasteiger partial charge in [0.05, 0.1) is 17.7 Å². The van der Waals surface area contributed by atoms with E-state index in [1.807, 2.05) is 6.92 Å². The van der Waals surface area contributed by atoms with Gasteiger partial charge in [-0.15, -0.1) is 19.7 Å². The molecule has 0 aliphatic carbocycles. The van der Waals surface area contributed by atoms with E-state index in [2.05, 4.69) is 26.3 Å². The first-order valence-corrected chi connectivity index (χ1v) is 11.1. The van der Waals surface area contributed by atoms with Gasteiger partial charge in [0.1, 0.15) is 6.61 Å². The summed E-state index contributed by atoms with van der Waals surface area (Å²) in [4.78, 5) is 24.2. The molecule has 0 saturated carbocycles. The number of hydrogen-bond acceptors (Lipinski definition) is 7. The smallest absolute Gasteiger partial charge is 0.462 e. The monoisotopic (exact) mass is 438 g/mol. The Balaban J connectivity index is 0. The Kier molecular flexibility index (Phi) is 18.3. The molecule has 0 saturated heterocycles. The van der Waals surface area contributed by atoms with Crippen molar-refractivity contribution in [2.45, 2.75) is 19.4 Å². The molecule has 168 valence electrons. The van der Waals surface area contributed by atoms with E-state index >= 15 is 0 Å². The van der Waals surface area contributed by atoms with Crippen molar-refractivity contribution in [3.05, 3.63) is 73.9 Å². The second kappa shape index (κ2) is 18.5. The predicted molar refractivity (Wildman–Crippen MR) is 121 cm³/mol. The highest BCUT2D eigenvalue weighted by molar-refractivity contribution is 6.60. The third-order valence-corrected chi connectivity index (χ3v) is 6.32. The average Bonchev–Trinajstić information content (AvgIpc) is 2.79. The predicted octanol–water partition coefficient (Wildman–Crippen LogP) is 4.45. The Morgan fingerprint density at radius 3 is 1.77 bits per heavy atom. The molecule has 0 bridgehead atoms. The van der Waals surface area contributed by atoms with Gasteiger partial charge in [0.15, 0.2) is 0 Å². The largest absolute Gasteiger partial charge is 0.500 e. The van der Waals surface area contributed by atoms with Crippen LogP contribution >= 0.6 is 0 Å². The summed E-state index contributed by atoms with van der Waals surface area (Å²) < 4.78 is 26.1. The molecule has 0 fully saturated rings. The molecule has 1 rings (SSSR count). The molecular weight excluding hydrogens is 404 g/mol. The summed E-state index contributed by atoms with van der Waals surface area (Å²) in [6, 6.07) is 6.84. The Morgan fingerprint density at radius 2 is 1.37 bits per heavy atom. The van der Waals surface area contributed by atoms with Crippen LogP contribution in [0.25, 0.3) is 0 Å². The van der Waals surface area contributed by atoms with Crippen LogP contribution < -0.4 is 0 Å². The number of ether oxygens (including phenoxy) is 2. The van der Waals surface area contributed by atoms with Crippen molar-refractivity contribution in [2.24, 2.45) is 0 Å². The van der Waals surface area contributed by atoms with Crippen molar-refractivity contribution in [2.75, 3.05) is 34.5 Å². The fraction of sp³-hybridized carbons (Fsp3) is 0.364. The van der Waals surface area contributed by atoms with Crippen molar-refractivity contribution in [1.29, 1.82) is 0 Å². The molecule has 0 radical (unpaired) electrons. The van der Waals surface area contributed by atoms with Crippen molar-refractivity contribution in [3.63, 3.8) is 0 Å². The zero-order chi connectivity index (χ0) is 23.4. The molecule has 1 aromatic carbocycles. The molecule has 0 atom stereocenters. The van der Waals surface area contributed by atoms with Gasteiger partial charge in [0, 0.05) is 27.4 Å². The lowest BCUT2D eigenvalue weighted by atomic mass is 10.1. The Morgan fingerprint density at radius 1 is 0.933 bits per heavy atom. The standard InChI is InChI=1S/C17H24O7Si.C3H6.C2H4/c1-5-11-23-16(18)14-9-6-7-10-15(14)17(19)24-12-8-13-25(20-2,21-3)22-4;1-3-2;1-2/h5-7,9-10H,1,8,11-13H2,2-4H3;3H,1H2,2H3;1-2H2. The molecular formula is C22H34O7Si. The van der Waals surface area contributed by atoms with E-state index in [1.165, 1.54) is 39.5 Å². The van der Waals surface area contributed by atoms with Crippen molar-refractivity contribution < 1.29 is 32.3 Å². The summed E-state index contributed by atoms with van der Waals surface area (Å²) in [5, 5.41) is 0. The second-order valence-electron chi connectivity index (χ2n) is 5.38. The summed E-state index contributed by atoms with van der Waals surface area (Å²) in [6.07, 6.45) is 3.72. The number of hydrogen-bond donors (Lipinski definition) is 0. The molecule has 0 spiro atoms. The van der Waals surface area contributed by atoms with Crippen LogP contribution in [0.15, 0.2) is 62.7 Å². The van der Waals surface area contributed by atoms with Crippen LogP contribution in [0.4, 0.5) is 0 Å². The number of benzene rings is 1. The molecule has 30 heavy (non-hydrogen) atoms. The minimum atomic E-state index is -2.69. The van der Waals surface area contributed by atoms with Gasteiger partial charge in [-0.3, -0.25) is 0 Å². The highest BCUT2D eigenvalue weighted by Crippen LogP contribution is 2.16. The first-order valence-electron chi connectivity index (χ1n) is 9.21. The van der Waals surface area contributed by atoms with Crippen LogP contribution in [-0.2, 0) is 22.8 Å². The first kappa shape index (κ1) is 29.7. The molecule has 0 aromatic heterocycles. The van der Waals surface area contributed by atoms with Crippen LogP contribution in [0.2, 0.25) is 6.04 Å². The molecule has 7 nitrogen and oxygen atoms in total. The van der Waals surface area contributed by atoms with Gasteiger partial charge >= 0.3 is 20.7 Å². The highest BCUT2D eigenvalue weighted by Gasteiger charge is 2.37. The summed E-state index contributed by atoms with van der Waals surface area (Å²) in [7, 11) is 1.89. The molecule has 0 aliphatic heterocycles. The third kappa shape index (κ3) is 10.9. The number of carbonyl (C=O) groups is 2. The van der Waals surface area contributed by atoms with Gasteiger partial charge in [-0.25, -0.2) is 9.59 Å². The van der Waals surface area contributed by atoms with Crippen LogP contribution in [0.5, 0.6) is 0 Å². The van der Waals surface area contributed by atoms with Gasteiger partial charge in [0.2, 0.25) is 0 Å². The molecule has 1 aromatic rings. The van der Waals surface area contributed by atoms with Crippen LogP contribution in [0.1, 0.15) is 34.1 Å². The Labute approximate surface area is 181 Å². The fourth-order valence-electron chi connectivity index (χ4n) is 2.14. The van der Waals surface area contributed by atoms with Gasteiger partial charge in [-0.2, -0.15) is 0 Å². The first-order chi connectivity index (χ1) is 14.4. The number of carbonyl (C=O) groups excluding carboxylic acids is 2. The van der Waals surface area contributed by atoms with Crippen molar-refractivity contribution in [1.82, 2.24) is 0 Å². The SMILES string of the molecule is C=C.C=CC.C=CCOC(=O)c1ccccc1C(=O)OCCC[Si](OC)(OC)OC. The molecule has 0 N–H and O–H groups in total. The molecule has 0 aliphatic rings. The average molecular weight is 439 g/mol. The van der Waals surface area contributed by atoms with Gasteiger partial charge in [0.25, 0.3) is 0 Å². The quantitative estimate of drug-likeness (QED) is 0.218. The van der Waals surface area contributed by atoms with E-state index in [9.17, 15) is 9.59 Å². The maximum absolute atomic E-state index is 12.2. The van der Waals surface area contributed by atoms with E-state index in [0.717, 1.165) is 0 Å². The molecule has 0 heterocycles. The topological polar surface area (TPSA) is 80.3 Å². The van der Waals surface area contributed by atoms with Crippen LogP contribution in [-0.4, -0.2) is 55.3 Å².